The van der Waals surface area contributed by atoms with Gasteiger partial charge in [-0.2, -0.15) is 0 Å². The summed E-state index contributed by atoms with van der Waals surface area (Å²) in [4.78, 5) is 13.4. The topological polar surface area (TPSA) is 44.3 Å². The predicted octanol–water partition coefficient (Wildman–Crippen LogP) is 5.09. The Hall–Kier alpha value is -3.08. The minimum atomic E-state index is 0.798. The van der Waals surface area contributed by atoms with Crippen molar-refractivity contribution in [1.29, 1.82) is 0 Å². The van der Waals surface area contributed by atoms with E-state index in [2.05, 4.69) is 94.4 Å². The van der Waals surface area contributed by atoms with Crippen molar-refractivity contribution in [3.63, 3.8) is 0 Å². The lowest BCUT2D eigenvalue weighted by Crippen LogP contribution is -2.23. The molecule has 146 valence electrons. The van der Waals surface area contributed by atoms with Crippen LogP contribution in [0.2, 0.25) is 0 Å². The molecular formula is C23H29N5. The molecule has 0 aliphatic heterocycles. The summed E-state index contributed by atoms with van der Waals surface area (Å²) in [5, 5.41) is 3.39. The van der Waals surface area contributed by atoms with Gasteiger partial charge in [0, 0.05) is 43.6 Å². The van der Waals surface area contributed by atoms with E-state index >= 15 is 0 Å². The molecule has 0 saturated heterocycles. The van der Waals surface area contributed by atoms with Gasteiger partial charge in [-0.1, -0.05) is 30.3 Å². The Morgan fingerprint density at radius 2 is 1.46 bits per heavy atom. The van der Waals surface area contributed by atoms with Crippen LogP contribution in [0.4, 0.5) is 23.0 Å². The lowest BCUT2D eigenvalue weighted by Gasteiger charge is -2.22. The molecule has 0 saturated carbocycles. The second-order valence-electron chi connectivity index (χ2n) is 6.61. The molecule has 28 heavy (non-hydrogen) atoms. The lowest BCUT2D eigenvalue weighted by molar-refractivity contribution is 0.810. The van der Waals surface area contributed by atoms with Gasteiger partial charge < -0.3 is 15.1 Å². The predicted molar refractivity (Wildman–Crippen MR) is 118 cm³/mol. The van der Waals surface area contributed by atoms with E-state index in [1.54, 1.807) is 6.33 Å². The number of aromatic nitrogens is 2. The quantitative estimate of drug-likeness (QED) is 0.564. The van der Waals surface area contributed by atoms with Gasteiger partial charge >= 0.3 is 0 Å². The maximum atomic E-state index is 4.48. The van der Waals surface area contributed by atoms with Gasteiger partial charge in [0.1, 0.15) is 18.0 Å². The summed E-state index contributed by atoms with van der Waals surface area (Å²) in [5.74, 6) is 1.72. The van der Waals surface area contributed by atoms with Crippen LogP contribution in [-0.2, 0) is 6.54 Å². The zero-order valence-corrected chi connectivity index (χ0v) is 17.0. The molecular weight excluding hydrogens is 346 g/mol. The molecule has 5 nitrogen and oxygen atoms in total. The zero-order chi connectivity index (χ0) is 19.8. The van der Waals surface area contributed by atoms with Gasteiger partial charge in [0.15, 0.2) is 0 Å². The Bertz CT molecular complexity index is 844. The largest absolute Gasteiger partial charge is 0.372 e. The molecule has 1 heterocycles. The number of anilines is 4. The van der Waals surface area contributed by atoms with Crippen molar-refractivity contribution < 1.29 is 0 Å². The van der Waals surface area contributed by atoms with E-state index in [1.807, 2.05) is 12.1 Å². The molecule has 0 unspecified atom stereocenters. The van der Waals surface area contributed by atoms with Gasteiger partial charge in [-0.15, -0.1) is 0 Å². The summed E-state index contributed by atoms with van der Waals surface area (Å²) in [5.41, 5.74) is 3.52. The van der Waals surface area contributed by atoms with Crippen LogP contribution in [-0.4, -0.2) is 29.6 Å². The molecule has 0 bridgehead atoms. The maximum absolute atomic E-state index is 4.48. The van der Waals surface area contributed by atoms with Crippen LogP contribution in [0.15, 0.2) is 67.0 Å². The van der Waals surface area contributed by atoms with Gasteiger partial charge in [0.25, 0.3) is 0 Å². The lowest BCUT2D eigenvalue weighted by atomic mass is 10.2. The monoisotopic (exact) mass is 375 g/mol. The van der Waals surface area contributed by atoms with Crippen molar-refractivity contribution in [3.8, 4) is 0 Å². The number of nitrogens with zero attached hydrogens (tertiary/aromatic N) is 4. The fraction of sp³-hybridized carbons (Fsp3) is 0.304. The Morgan fingerprint density at radius 3 is 2.11 bits per heavy atom. The molecule has 0 spiro atoms. The van der Waals surface area contributed by atoms with Gasteiger partial charge in [-0.3, -0.25) is 0 Å². The van der Waals surface area contributed by atoms with Crippen molar-refractivity contribution in [2.24, 2.45) is 0 Å². The highest BCUT2D eigenvalue weighted by Gasteiger charge is 2.09. The number of benzene rings is 2. The minimum Gasteiger partial charge on any atom is -0.372 e. The smallest absolute Gasteiger partial charge is 0.135 e. The maximum Gasteiger partial charge on any atom is 0.135 e. The van der Waals surface area contributed by atoms with Crippen molar-refractivity contribution >= 4 is 23.0 Å². The third kappa shape index (κ3) is 5.00. The number of nitrogens with one attached hydrogen (secondary N) is 1. The highest BCUT2D eigenvalue weighted by Crippen LogP contribution is 2.22. The second kappa shape index (κ2) is 9.74. The Balaban J connectivity index is 1.72. The highest BCUT2D eigenvalue weighted by atomic mass is 15.2. The third-order valence-electron chi connectivity index (χ3n) is 4.84. The molecule has 0 radical (unpaired) electrons. The number of rotatable bonds is 9. The van der Waals surface area contributed by atoms with Crippen molar-refractivity contribution in [3.05, 3.63) is 72.6 Å². The second-order valence-corrected chi connectivity index (χ2v) is 6.61. The minimum absolute atomic E-state index is 0.798. The molecule has 1 aromatic heterocycles. The normalized spacial score (nSPS) is 10.5. The molecule has 0 fully saturated rings. The van der Waals surface area contributed by atoms with E-state index < -0.39 is 0 Å². The Kier molecular flexibility index (Phi) is 6.84. The van der Waals surface area contributed by atoms with E-state index in [1.165, 1.54) is 11.3 Å². The summed E-state index contributed by atoms with van der Waals surface area (Å²) in [7, 11) is 0. The molecule has 2 aromatic carbocycles. The summed E-state index contributed by atoms with van der Waals surface area (Å²) in [6, 6.07) is 20.9. The van der Waals surface area contributed by atoms with Crippen LogP contribution < -0.4 is 15.1 Å². The average Bonchev–Trinajstić information content (AvgIpc) is 2.75. The first kappa shape index (κ1) is 19.7. The van der Waals surface area contributed by atoms with E-state index in [4.69, 9.17) is 0 Å². The molecule has 3 aromatic rings. The van der Waals surface area contributed by atoms with Crippen LogP contribution in [0.1, 0.15) is 26.3 Å². The highest BCUT2D eigenvalue weighted by molar-refractivity contribution is 5.62. The van der Waals surface area contributed by atoms with E-state index in [-0.39, 0.29) is 0 Å². The van der Waals surface area contributed by atoms with Crippen molar-refractivity contribution in [1.82, 2.24) is 9.97 Å². The first-order valence-corrected chi connectivity index (χ1v) is 9.96. The standard InChI is InChI=1S/C23H29N5/c1-4-27(5-2)21-14-12-20(13-15-21)26-22-16-23(25-18-24-22)28(6-3)17-19-10-8-7-9-11-19/h7-16,18H,4-6,17H2,1-3H3,(H,24,25,26). The number of hydrogen-bond acceptors (Lipinski definition) is 5. The zero-order valence-electron chi connectivity index (χ0n) is 17.0. The molecule has 0 aliphatic carbocycles. The Labute approximate surface area is 168 Å². The van der Waals surface area contributed by atoms with Crippen LogP contribution in [0.25, 0.3) is 0 Å². The van der Waals surface area contributed by atoms with Gasteiger partial charge in [-0.05, 0) is 50.6 Å². The molecule has 5 heteroatoms. The fourth-order valence-corrected chi connectivity index (χ4v) is 3.24. The first-order valence-electron chi connectivity index (χ1n) is 9.96. The average molecular weight is 376 g/mol. The van der Waals surface area contributed by atoms with Gasteiger partial charge in [0.2, 0.25) is 0 Å². The first-order chi connectivity index (χ1) is 13.7. The van der Waals surface area contributed by atoms with E-state index in [0.29, 0.717) is 0 Å². The summed E-state index contributed by atoms with van der Waals surface area (Å²) < 4.78 is 0. The van der Waals surface area contributed by atoms with Crippen LogP contribution >= 0.6 is 0 Å². The molecule has 0 aliphatic rings. The van der Waals surface area contributed by atoms with Crippen LogP contribution in [0, 0.1) is 0 Å². The van der Waals surface area contributed by atoms with Crippen LogP contribution in [0.5, 0.6) is 0 Å². The van der Waals surface area contributed by atoms with Crippen molar-refractivity contribution in [2.75, 3.05) is 34.8 Å². The molecule has 3 rings (SSSR count). The van der Waals surface area contributed by atoms with Crippen LogP contribution in [0.3, 0.4) is 0 Å². The van der Waals surface area contributed by atoms with Gasteiger partial charge in [-0.25, -0.2) is 9.97 Å². The Morgan fingerprint density at radius 1 is 0.786 bits per heavy atom. The number of hydrogen-bond donors (Lipinski definition) is 1. The molecule has 0 atom stereocenters. The third-order valence-corrected chi connectivity index (χ3v) is 4.84. The fourth-order valence-electron chi connectivity index (χ4n) is 3.24. The van der Waals surface area contributed by atoms with Gasteiger partial charge in [0.05, 0.1) is 0 Å². The van der Waals surface area contributed by atoms with E-state index in [0.717, 1.165) is 43.5 Å². The molecule has 1 N–H and O–H groups in total. The summed E-state index contributed by atoms with van der Waals surface area (Å²) >= 11 is 0. The summed E-state index contributed by atoms with van der Waals surface area (Å²) in [6.45, 7) is 10.2. The summed E-state index contributed by atoms with van der Waals surface area (Å²) in [6.07, 6.45) is 1.62. The molecule has 0 amide bonds. The van der Waals surface area contributed by atoms with Crippen molar-refractivity contribution in [2.45, 2.75) is 27.3 Å². The van der Waals surface area contributed by atoms with E-state index in [9.17, 15) is 0 Å². The SMILES string of the molecule is CCN(CC)c1ccc(Nc2cc(N(CC)Cc3ccccc3)ncn2)cc1.